The molecule has 0 radical (unpaired) electrons. The van der Waals surface area contributed by atoms with Crippen LogP contribution in [0.2, 0.25) is 0 Å². The first-order valence-electron chi connectivity index (χ1n) is 9.25. The molecule has 0 fully saturated rings. The summed E-state index contributed by atoms with van der Waals surface area (Å²) in [6.45, 7) is 1.84. The van der Waals surface area contributed by atoms with E-state index >= 15 is 0 Å². The minimum Gasteiger partial charge on any atom is -0.497 e. The number of fused-ring (bicyclic) bond motifs is 1. The normalized spacial score (nSPS) is 10.8. The van der Waals surface area contributed by atoms with Crippen LogP contribution in [0.15, 0.2) is 75.6 Å². The molecule has 0 spiro atoms. The number of ether oxygens (including phenoxy) is 1. The maximum atomic E-state index is 12.9. The van der Waals surface area contributed by atoms with Crippen LogP contribution in [0.1, 0.15) is 32.0 Å². The molecule has 0 atom stereocenters. The molecule has 0 saturated carbocycles. The molecule has 0 unspecified atom stereocenters. The van der Waals surface area contributed by atoms with Crippen molar-refractivity contribution in [2.75, 3.05) is 12.4 Å². The van der Waals surface area contributed by atoms with Crippen molar-refractivity contribution >= 4 is 44.3 Å². The number of carbonyl (C=O) groups is 2. The van der Waals surface area contributed by atoms with Gasteiger partial charge in [-0.3, -0.25) is 9.59 Å². The fraction of sp³-hybridized carbons (Fsp3) is 0.0833. The Kier molecular flexibility index (Phi) is 5.42. The van der Waals surface area contributed by atoms with E-state index in [2.05, 4.69) is 21.2 Å². The highest BCUT2D eigenvalue weighted by molar-refractivity contribution is 9.10. The SMILES string of the molecule is COc1ccc(C(=O)c2oc3ccc(NC(=O)c4ccc(Br)cc4)cc3c2C)cc1. The van der Waals surface area contributed by atoms with Crippen LogP contribution < -0.4 is 10.1 Å². The number of hydrogen-bond donors (Lipinski definition) is 1. The van der Waals surface area contributed by atoms with Crippen LogP contribution in [0.5, 0.6) is 5.75 Å². The number of rotatable bonds is 5. The number of furan rings is 1. The Morgan fingerprint density at radius 3 is 2.27 bits per heavy atom. The van der Waals surface area contributed by atoms with Crippen molar-refractivity contribution in [1.82, 2.24) is 0 Å². The van der Waals surface area contributed by atoms with Crippen molar-refractivity contribution in [2.45, 2.75) is 6.92 Å². The van der Waals surface area contributed by atoms with Crippen LogP contribution in [0.4, 0.5) is 5.69 Å². The van der Waals surface area contributed by atoms with Gasteiger partial charge in [0.2, 0.25) is 5.78 Å². The number of aryl methyl sites for hydroxylation is 1. The average molecular weight is 464 g/mol. The fourth-order valence-corrected chi connectivity index (χ4v) is 3.46. The summed E-state index contributed by atoms with van der Waals surface area (Å²) in [5.41, 5.74) is 3.01. The van der Waals surface area contributed by atoms with Gasteiger partial charge in [-0.25, -0.2) is 0 Å². The lowest BCUT2D eigenvalue weighted by molar-refractivity contribution is 0.101. The van der Waals surface area contributed by atoms with Gasteiger partial charge in [-0.15, -0.1) is 0 Å². The average Bonchev–Trinajstić information content (AvgIpc) is 3.09. The number of amides is 1. The molecular formula is C24H18BrNO4. The van der Waals surface area contributed by atoms with Crippen molar-refractivity contribution in [3.8, 4) is 5.75 Å². The summed E-state index contributed by atoms with van der Waals surface area (Å²) in [5, 5.41) is 3.66. The molecule has 6 heteroatoms. The number of methoxy groups -OCH3 is 1. The predicted molar refractivity (Wildman–Crippen MR) is 119 cm³/mol. The van der Waals surface area contributed by atoms with E-state index in [9.17, 15) is 9.59 Å². The van der Waals surface area contributed by atoms with Gasteiger partial charge in [0.05, 0.1) is 7.11 Å². The van der Waals surface area contributed by atoms with Crippen LogP contribution >= 0.6 is 15.9 Å². The van der Waals surface area contributed by atoms with Crippen LogP contribution in [0.25, 0.3) is 11.0 Å². The van der Waals surface area contributed by atoms with E-state index in [0.717, 1.165) is 15.4 Å². The Bertz CT molecular complexity index is 1240. The van der Waals surface area contributed by atoms with Gasteiger partial charge in [0.15, 0.2) is 5.76 Å². The summed E-state index contributed by atoms with van der Waals surface area (Å²) < 4.78 is 11.9. The highest BCUT2D eigenvalue weighted by Gasteiger charge is 2.20. The topological polar surface area (TPSA) is 68.5 Å². The van der Waals surface area contributed by atoms with Crippen molar-refractivity contribution in [3.63, 3.8) is 0 Å². The Hall–Kier alpha value is -3.38. The van der Waals surface area contributed by atoms with E-state index in [1.807, 2.05) is 25.1 Å². The Labute approximate surface area is 181 Å². The van der Waals surface area contributed by atoms with Crippen LogP contribution in [-0.2, 0) is 0 Å². The summed E-state index contributed by atoms with van der Waals surface area (Å²) in [6, 6.07) is 19.3. The van der Waals surface area contributed by atoms with Crippen molar-refractivity contribution < 1.29 is 18.7 Å². The van der Waals surface area contributed by atoms with E-state index in [1.54, 1.807) is 55.6 Å². The molecule has 3 aromatic carbocycles. The molecule has 1 heterocycles. The first-order valence-corrected chi connectivity index (χ1v) is 10.0. The number of ketones is 1. The minimum atomic E-state index is -0.211. The zero-order valence-corrected chi connectivity index (χ0v) is 17.9. The van der Waals surface area contributed by atoms with Crippen molar-refractivity contribution in [1.29, 1.82) is 0 Å². The number of halogens is 1. The molecule has 150 valence electrons. The first kappa shape index (κ1) is 19.9. The summed E-state index contributed by atoms with van der Waals surface area (Å²) in [5.74, 6) is 0.551. The molecule has 4 aromatic rings. The highest BCUT2D eigenvalue weighted by atomic mass is 79.9. The van der Waals surface area contributed by atoms with Gasteiger partial charge < -0.3 is 14.5 Å². The smallest absolute Gasteiger partial charge is 0.255 e. The van der Waals surface area contributed by atoms with Gasteiger partial charge in [-0.1, -0.05) is 15.9 Å². The lowest BCUT2D eigenvalue weighted by atomic mass is 10.0. The quantitative estimate of drug-likeness (QED) is 0.368. The standard InChI is InChI=1S/C24H18BrNO4/c1-14-20-13-18(26-24(28)16-3-7-17(25)8-4-16)9-12-21(20)30-23(14)22(27)15-5-10-19(29-2)11-6-15/h3-13H,1-2H3,(H,26,28). The molecule has 1 N–H and O–H groups in total. The third-order valence-corrected chi connectivity index (χ3v) is 5.39. The molecule has 30 heavy (non-hydrogen) atoms. The Balaban J connectivity index is 1.62. The van der Waals surface area contributed by atoms with Crippen molar-refractivity contribution in [3.05, 3.63) is 93.7 Å². The number of hydrogen-bond acceptors (Lipinski definition) is 4. The summed E-state index contributed by atoms with van der Waals surface area (Å²) in [6.07, 6.45) is 0. The second kappa shape index (κ2) is 8.16. The molecule has 1 amide bonds. The molecule has 1 aromatic heterocycles. The number of carbonyl (C=O) groups excluding carboxylic acids is 2. The van der Waals surface area contributed by atoms with Crippen LogP contribution in [-0.4, -0.2) is 18.8 Å². The fourth-order valence-electron chi connectivity index (χ4n) is 3.19. The Morgan fingerprint density at radius 1 is 0.933 bits per heavy atom. The van der Waals surface area contributed by atoms with Gasteiger partial charge in [0, 0.05) is 32.2 Å². The monoisotopic (exact) mass is 463 g/mol. The molecule has 0 saturated heterocycles. The van der Waals surface area contributed by atoms with Gasteiger partial charge in [-0.2, -0.15) is 0 Å². The lowest BCUT2D eigenvalue weighted by Gasteiger charge is -2.05. The predicted octanol–water partition coefficient (Wildman–Crippen LogP) is 6.00. The number of anilines is 1. The summed E-state index contributed by atoms with van der Waals surface area (Å²) in [4.78, 5) is 25.4. The first-order chi connectivity index (χ1) is 14.5. The van der Waals surface area contributed by atoms with Gasteiger partial charge >= 0.3 is 0 Å². The highest BCUT2D eigenvalue weighted by Crippen LogP contribution is 2.30. The maximum Gasteiger partial charge on any atom is 0.255 e. The molecule has 0 bridgehead atoms. The molecule has 0 aliphatic carbocycles. The molecule has 5 nitrogen and oxygen atoms in total. The summed E-state index contributed by atoms with van der Waals surface area (Å²) >= 11 is 3.36. The van der Waals surface area contributed by atoms with E-state index in [-0.39, 0.29) is 17.5 Å². The van der Waals surface area contributed by atoms with E-state index < -0.39 is 0 Å². The largest absolute Gasteiger partial charge is 0.497 e. The summed E-state index contributed by atoms with van der Waals surface area (Å²) in [7, 11) is 1.58. The van der Waals surface area contributed by atoms with Gasteiger partial charge in [0.1, 0.15) is 11.3 Å². The Morgan fingerprint density at radius 2 is 1.60 bits per heavy atom. The van der Waals surface area contributed by atoms with Gasteiger partial charge in [0.25, 0.3) is 5.91 Å². The zero-order valence-electron chi connectivity index (χ0n) is 16.4. The molecule has 0 aliphatic heterocycles. The second-order valence-corrected chi connectivity index (χ2v) is 7.70. The van der Waals surface area contributed by atoms with Crippen LogP contribution in [0.3, 0.4) is 0 Å². The molecular weight excluding hydrogens is 446 g/mol. The van der Waals surface area contributed by atoms with E-state index in [1.165, 1.54) is 0 Å². The maximum absolute atomic E-state index is 12.9. The van der Waals surface area contributed by atoms with E-state index in [0.29, 0.717) is 28.1 Å². The van der Waals surface area contributed by atoms with Gasteiger partial charge in [-0.05, 0) is 73.7 Å². The van der Waals surface area contributed by atoms with E-state index in [4.69, 9.17) is 9.15 Å². The van der Waals surface area contributed by atoms with Crippen LogP contribution in [0, 0.1) is 6.92 Å². The molecule has 4 rings (SSSR count). The number of benzene rings is 3. The third kappa shape index (κ3) is 3.86. The number of nitrogens with one attached hydrogen (secondary N) is 1. The third-order valence-electron chi connectivity index (χ3n) is 4.86. The second-order valence-electron chi connectivity index (χ2n) is 6.79. The zero-order chi connectivity index (χ0) is 21.3. The minimum absolute atomic E-state index is 0.202. The molecule has 0 aliphatic rings. The van der Waals surface area contributed by atoms with Crippen molar-refractivity contribution in [2.24, 2.45) is 0 Å². The lowest BCUT2D eigenvalue weighted by Crippen LogP contribution is -2.11.